The summed E-state index contributed by atoms with van der Waals surface area (Å²) >= 11 is 0. The second kappa shape index (κ2) is 7.01. The van der Waals surface area contributed by atoms with E-state index in [1.807, 2.05) is 24.3 Å². The molecule has 0 unspecified atom stereocenters. The van der Waals surface area contributed by atoms with Gasteiger partial charge in [-0.1, -0.05) is 18.2 Å². The van der Waals surface area contributed by atoms with Gasteiger partial charge in [0.2, 0.25) is 0 Å². The average Bonchev–Trinajstić information content (AvgIpc) is 2.26. The van der Waals surface area contributed by atoms with Gasteiger partial charge < -0.3 is 14.6 Å². The minimum atomic E-state index is 0.119. The van der Waals surface area contributed by atoms with Crippen molar-refractivity contribution in [3.63, 3.8) is 0 Å². The number of hydrogen-bond donors (Lipinski definition) is 1. The van der Waals surface area contributed by atoms with E-state index >= 15 is 0 Å². The lowest BCUT2D eigenvalue weighted by Gasteiger charge is -2.10. The molecule has 0 aliphatic rings. The Hall–Kier alpha value is -1.35. The molecule has 0 saturated heterocycles. The third-order valence-electron chi connectivity index (χ3n) is 2.28. The molecule has 1 aromatic carbocycles. The zero-order valence-electron chi connectivity index (χ0n) is 9.61. The Morgan fingerprint density at radius 2 is 2.12 bits per heavy atom. The van der Waals surface area contributed by atoms with Crippen LogP contribution in [-0.2, 0) is 11.2 Å². The summed E-state index contributed by atoms with van der Waals surface area (Å²) in [6.45, 7) is 2.25. The molecular formula is C13H18O3. The highest BCUT2D eigenvalue weighted by atomic mass is 16.5. The predicted octanol–water partition coefficient (Wildman–Crippen LogP) is 1.97. The second-order valence-corrected chi connectivity index (χ2v) is 3.74. The maximum atomic E-state index is 10.7. The van der Waals surface area contributed by atoms with Gasteiger partial charge in [0.05, 0.1) is 6.61 Å². The fourth-order valence-electron chi connectivity index (χ4n) is 1.47. The van der Waals surface area contributed by atoms with Crippen molar-refractivity contribution in [3.8, 4) is 5.75 Å². The van der Waals surface area contributed by atoms with Crippen LogP contribution in [0.15, 0.2) is 24.3 Å². The molecule has 0 aromatic heterocycles. The third-order valence-corrected chi connectivity index (χ3v) is 2.28. The molecule has 0 radical (unpaired) electrons. The number of Topliss-reactive ketones (excluding diaryl/α,β-unsaturated/α-hetero) is 1. The number of hydrogen-bond acceptors (Lipinski definition) is 3. The van der Waals surface area contributed by atoms with E-state index in [2.05, 4.69) is 0 Å². The van der Waals surface area contributed by atoms with E-state index in [1.165, 1.54) is 0 Å². The van der Waals surface area contributed by atoms with Crippen molar-refractivity contribution in [1.29, 1.82) is 0 Å². The molecule has 0 fully saturated rings. The van der Waals surface area contributed by atoms with Crippen LogP contribution in [0.1, 0.15) is 25.3 Å². The number of benzene rings is 1. The van der Waals surface area contributed by atoms with Gasteiger partial charge in [0, 0.05) is 13.0 Å². The van der Waals surface area contributed by atoms with Crippen LogP contribution in [0.5, 0.6) is 5.75 Å². The molecule has 0 atom stereocenters. The molecule has 0 saturated carbocycles. The quantitative estimate of drug-likeness (QED) is 0.717. The normalized spacial score (nSPS) is 10.1. The monoisotopic (exact) mass is 222 g/mol. The summed E-state index contributed by atoms with van der Waals surface area (Å²) in [4.78, 5) is 10.7. The van der Waals surface area contributed by atoms with Crippen LogP contribution in [0, 0.1) is 0 Å². The standard InChI is InChI=1S/C13H18O3/c1-11(15)5-4-10-16-13-7-3-2-6-12(13)8-9-14/h2-3,6-7,14H,4-5,8-10H2,1H3. The molecule has 0 amide bonds. The lowest BCUT2D eigenvalue weighted by atomic mass is 10.1. The third kappa shape index (κ3) is 4.45. The topological polar surface area (TPSA) is 46.5 Å². The van der Waals surface area contributed by atoms with Gasteiger partial charge in [-0.25, -0.2) is 0 Å². The van der Waals surface area contributed by atoms with Crippen molar-refractivity contribution in [2.45, 2.75) is 26.2 Å². The first-order valence-electron chi connectivity index (χ1n) is 5.55. The van der Waals surface area contributed by atoms with Crippen LogP contribution in [0.4, 0.5) is 0 Å². The van der Waals surface area contributed by atoms with Crippen molar-refractivity contribution in [1.82, 2.24) is 0 Å². The maximum Gasteiger partial charge on any atom is 0.129 e. The number of carbonyl (C=O) groups is 1. The number of ketones is 1. The Morgan fingerprint density at radius 1 is 1.38 bits per heavy atom. The van der Waals surface area contributed by atoms with E-state index in [4.69, 9.17) is 9.84 Å². The van der Waals surface area contributed by atoms with Crippen molar-refractivity contribution >= 4 is 5.78 Å². The van der Waals surface area contributed by atoms with Gasteiger partial charge in [0.1, 0.15) is 11.5 Å². The summed E-state index contributed by atoms with van der Waals surface area (Å²) in [6.07, 6.45) is 1.90. The number of carbonyl (C=O) groups excluding carboxylic acids is 1. The molecule has 16 heavy (non-hydrogen) atoms. The van der Waals surface area contributed by atoms with Crippen molar-refractivity contribution in [2.24, 2.45) is 0 Å². The number of rotatable bonds is 7. The van der Waals surface area contributed by atoms with Gasteiger partial charge in [0.15, 0.2) is 0 Å². The molecule has 0 aliphatic carbocycles. The molecular weight excluding hydrogens is 204 g/mol. The molecule has 0 spiro atoms. The highest BCUT2D eigenvalue weighted by Crippen LogP contribution is 2.18. The molecule has 3 nitrogen and oxygen atoms in total. The average molecular weight is 222 g/mol. The number of aliphatic hydroxyl groups is 1. The van der Waals surface area contributed by atoms with E-state index in [0.29, 0.717) is 19.4 Å². The van der Waals surface area contributed by atoms with Crippen LogP contribution < -0.4 is 4.74 Å². The van der Waals surface area contributed by atoms with Crippen molar-refractivity contribution in [2.75, 3.05) is 13.2 Å². The van der Waals surface area contributed by atoms with Crippen LogP contribution in [0.3, 0.4) is 0 Å². The Kier molecular flexibility index (Phi) is 5.57. The zero-order valence-corrected chi connectivity index (χ0v) is 9.61. The molecule has 0 aliphatic heterocycles. The SMILES string of the molecule is CC(=O)CCCOc1ccccc1CCO. The zero-order chi connectivity index (χ0) is 11.8. The second-order valence-electron chi connectivity index (χ2n) is 3.74. The number of ether oxygens (including phenoxy) is 1. The van der Waals surface area contributed by atoms with Crippen molar-refractivity contribution < 1.29 is 14.6 Å². The van der Waals surface area contributed by atoms with Gasteiger partial charge >= 0.3 is 0 Å². The molecule has 1 N–H and O–H groups in total. The number of aliphatic hydroxyl groups excluding tert-OH is 1. The molecule has 0 bridgehead atoms. The van der Waals surface area contributed by atoms with Gasteiger partial charge in [-0.05, 0) is 31.4 Å². The van der Waals surface area contributed by atoms with E-state index in [9.17, 15) is 4.79 Å². The minimum absolute atomic E-state index is 0.119. The van der Waals surface area contributed by atoms with Crippen LogP contribution in [0.2, 0.25) is 0 Å². The fourth-order valence-corrected chi connectivity index (χ4v) is 1.47. The van der Waals surface area contributed by atoms with Crippen LogP contribution in [-0.4, -0.2) is 24.1 Å². The summed E-state index contributed by atoms with van der Waals surface area (Å²) in [5.74, 6) is 0.993. The Labute approximate surface area is 96.1 Å². The first-order chi connectivity index (χ1) is 7.74. The predicted molar refractivity (Wildman–Crippen MR) is 62.6 cm³/mol. The largest absolute Gasteiger partial charge is 0.493 e. The highest BCUT2D eigenvalue weighted by molar-refractivity contribution is 5.75. The van der Waals surface area contributed by atoms with Crippen LogP contribution >= 0.6 is 0 Å². The lowest BCUT2D eigenvalue weighted by Crippen LogP contribution is -2.03. The van der Waals surface area contributed by atoms with E-state index in [-0.39, 0.29) is 12.4 Å². The Morgan fingerprint density at radius 3 is 2.81 bits per heavy atom. The first-order valence-corrected chi connectivity index (χ1v) is 5.55. The van der Waals surface area contributed by atoms with E-state index < -0.39 is 0 Å². The van der Waals surface area contributed by atoms with Gasteiger partial charge in [0.25, 0.3) is 0 Å². The highest BCUT2D eigenvalue weighted by Gasteiger charge is 2.02. The molecule has 3 heteroatoms. The first kappa shape index (κ1) is 12.7. The van der Waals surface area contributed by atoms with E-state index in [1.54, 1.807) is 6.92 Å². The molecule has 1 rings (SSSR count). The van der Waals surface area contributed by atoms with E-state index in [0.717, 1.165) is 17.7 Å². The summed E-state index contributed by atoms with van der Waals surface area (Å²) in [5.41, 5.74) is 1.01. The van der Waals surface area contributed by atoms with Crippen LogP contribution in [0.25, 0.3) is 0 Å². The lowest BCUT2D eigenvalue weighted by molar-refractivity contribution is -0.117. The summed E-state index contributed by atoms with van der Waals surface area (Å²) in [7, 11) is 0. The summed E-state index contributed by atoms with van der Waals surface area (Å²) in [6, 6.07) is 7.66. The molecule has 1 aromatic rings. The number of para-hydroxylation sites is 1. The van der Waals surface area contributed by atoms with Gasteiger partial charge in [-0.15, -0.1) is 0 Å². The van der Waals surface area contributed by atoms with Crippen molar-refractivity contribution in [3.05, 3.63) is 29.8 Å². The Bertz CT molecular complexity index is 334. The fraction of sp³-hybridized carbons (Fsp3) is 0.462. The smallest absolute Gasteiger partial charge is 0.129 e. The van der Waals surface area contributed by atoms with Gasteiger partial charge in [-0.2, -0.15) is 0 Å². The summed E-state index contributed by atoms with van der Waals surface area (Å²) < 4.78 is 5.58. The molecule has 0 heterocycles. The Balaban J connectivity index is 2.43. The summed E-state index contributed by atoms with van der Waals surface area (Å²) in [5, 5.41) is 8.89. The van der Waals surface area contributed by atoms with Gasteiger partial charge in [-0.3, -0.25) is 0 Å². The molecule has 88 valence electrons. The minimum Gasteiger partial charge on any atom is -0.493 e. The maximum absolute atomic E-state index is 10.7.